The molecule has 0 fully saturated rings. The van der Waals surface area contributed by atoms with E-state index in [0.717, 1.165) is 6.42 Å². The molecule has 0 spiro atoms. The highest BCUT2D eigenvalue weighted by Gasteiger charge is 2.22. The van der Waals surface area contributed by atoms with Crippen molar-refractivity contribution in [1.29, 1.82) is 0 Å². The number of hydrogen-bond acceptors (Lipinski definition) is 3. The van der Waals surface area contributed by atoms with Gasteiger partial charge in [-0.1, -0.05) is 13.8 Å². The fraction of sp³-hybridized carbons (Fsp3) is 0.818. The van der Waals surface area contributed by atoms with E-state index in [4.69, 9.17) is 16.6 Å². The van der Waals surface area contributed by atoms with Gasteiger partial charge in [0.15, 0.2) is 0 Å². The summed E-state index contributed by atoms with van der Waals surface area (Å²) < 4.78 is 0. The molecule has 0 bridgehead atoms. The third-order valence-electron chi connectivity index (χ3n) is 2.44. The molecule has 1 atom stereocenters. The number of terminal acetylenes is 1. The zero-order valence-electron chi connectivity index (χ0n) is 9.08. The number of nitrogens with one attached hydrogen (secondary N) is 1. The zero-order chi connectivity index (χ0) is 11.0. The van der Waals surface area contributed by atoms with Crippen LogP contribution in [0, 0.1) is 17.8 Å². The highest BCUT2D eigenvalue weighted by molar-refractivity contribution is 4.90. The molecule has 82 valence electrons. The van der Waals surface area contributed by atoms with E-state index < -0.39 is 5.41 Å². The van der Waals surface area contributed by atoms with Crippen LogP contribution in [0.5, 0.6) is 0 Å². The lowest BCUT2D eigenvalue weighted by Crippen LogP contribution is -2.42. The Morgan fingerprint density at radius 3 is 2.36 bits per heavy atom. The second-order valence-corrected chi connectivity index (χ2v) is 4.02. The molecule has 0 radical (unpaired) electrons. The van der Waals surface area contributed by atoms with Gasteiger partial charge in [0.2, 0.25) is 0 Å². The van der Waals surface area contributed by atoms with Crippen LogP contribution in [0.15, 0.2) is 0 Å². The number of hydrogen-bond donors (Lipinski definition) is 3. The zero-order valence-corrected chi connectivity index (χ0v) is 9.08. The normalized spacial score (nSPS) is 13.6. The molecule has 3 heteroatoms. The van der Waals surface area contributed by atoms with Crippen LogP contribution >= 0.6 is 0 Å². The second kappa shape index (κ2) is 6.83. The van der Waals surface area contributed by atoms with Crippen molar-refractivity contribution in [1.82, 2.24) is 5.32 Å². The van der Waals surface area contributed by atoms with Crippen molar-refractivity contribution in [2.24, 2.45) is 5.41 Å². The lowest BCUT2D eigenvalue weighted by Gasteiger charge is -2.27. The van der Waals surface area contributed by atoms with Crippen molar-refractivity contribution in [3.63, 3.8) is 0 Å². The summed E-state index contributed by atoms with van der Waals surface area (Å²) in [5.41, 5.74) is -0.456. The second-order valence-electron chi connectivity index (χ2n) is 4.02. The van der Waals surface area contributed by atoms with E-state index in [-0.39, 0.29) is 19.3 Å². The van der Waals surface area contributed by atoms with Gasteiger partial charge in [0.1, 0.15) is 0 Å². The summed E-state index contributed by atoms with van der Waals surface area (Å²) in [5.74, 6) is 2.60. The molecule has 0 saturated heterocycles. The Morgan fingerprint density at radius 1 is 1.43 bits per heavy atom. The smallest absolute Gasteiger partial charge is 0.0518 e. The minimum Gasteiger partial charge on any atom is -0.396 e. The molecule has 3 nitrogen and oxygen atoms in total. The van der Waals surface area contributed by atoms with Gasteiger partial charge in [-0.15, -0.1) is 12.3 Å². The maximum absolute atomic E-state index is 9.06. The van der Waals surface area contributed by atoms with Crippen LogP contribution in [0.4, 0.5) is 0 Å². The van der Waals surface area contributed by atoms with Crippen LogP contribution in [0.25, 0.3) is 0 Å². The maximum atomic E-state index is 9.06. The molecular weight excluding hydrogens is 178 g/mol. The van der Waals surface area contributed by atoms with Gasteiger partial charge in [0.25, 0.3) is 0 Å². The Kier molecular flexibility index (Phi) is 6.56. The largest absolute Gasteiger partial charge is 0.396 e. The standard InChI is InChI=1S/C11H21NO2/c1-4-6-10(5-2)12-7-11(3,8-13)9-14/h1,10,12-14H,5-9H2,2-3H3. The minimum atomic E-state index is -0.456. The van der Waals surface area contributed by atoms with Crippen molar-refractivity contribution in [3.8, 4) is 12.3 Å². The van der Waals surface area contributed by atoms with Gasteiger partial charge in [0.05, 0.1) is 13.2 Å². The molecule has 0 rings (SSSR count). The van der Waals surface area contributed by atoms with E-state index in [1.54, 1.807) is 0 Å². The topological polar surface area (TPSA) is 52.5 Å². The van der Waals surface area contributed by atoms with Crippen molar-refractivity contribution < 1.29 is 10.2 Å². The van der Waals surface area contributed by atoms with E-state index in [1.165, 1.54) is 0 Å². The van der Waals surface area contributed by atoms with Crippen molar-refractivity contribution in [2.75, 3.05) is 19.8 Å². The Hall–Kier alpha value is -0.560. The predicted molar refractivity (Wildman–Crippen MR) is 57.8 cm³/mol. The summed E-state index contributed by atoms with van der Waals surface area (Å²) in [5, 5.41) is 21.4. The van der Waals surface area contributed by atoms with E-state index in [9.17, 15) is 0 Å². The SMILES string of the molecule is C#CCC(CC)NCC(C)(CO)CO. The number of rotatable bonds is 7. The number of aliphatic hydroxyl groups excluding tert-OH is 2. The first kappa shape index (κ1) is 13.4. The molecule has 0 saturated carbocycles. The molecule has 0 aliphatic rings. The minimum absolute atomic E-state index is 0.0248. The summed E-state index contributed by atoms with van der Waals surface area (Å²) in [6.45, 7) is 4.43. The lowest BCUT2D eigenvalue weighted by molar-refractivity contribution is 0.0673. The van der Waals surface area contributed by atoms with Gasteiger partial charge in [0, 0.05) is 24.4 Å². The van der Waals surface area contributed by atoms with Gasteiger partial charge in [-0.05, 0) is 6.42 Å². The van der Waals surface area contributed by atoms with E-state index in [0.29, 0.717) is 13.0 Å². The molecule has 1 unspecified atom stereocenters. The molecule has 0 aromatic carbocycles. The molecular formula is C11H21NO2. The fourth-order valence-corrected chi connectivity index (χ4v) is 1.06. The van der Waals surface area contributed by atoms with E-state index in [2.05, 4.69) is 18.2 Å². The molecule has 0 aliphatic heterocycles. The van der Waals surface area contributed by atoms with Crippen LogP contribution < -0.4 is 5.32 Å². The van der Waals surface area contributed by atoms with Crippen molar-refractivity contribution in [3.05, 3.63) is 0 Å². The van der Waals surface area contributed by atoms with Crippen LogP contribution in [0.3, 0.4) is 0 Å². The Morgan fingerprint density at radius 2 is 2.00 bits per heavy atom. The quantitative estimate of drug-likeness (QED) is 0.519. The molecule has 3 N–H and O–H groups in total. The molecule has 0 aromatic rings. The van der Waals surface area contributed by atoms with Crippen LogP contribution in [-0.4, -0.2) is 36.0 Å². The first-order valence-electron chi connectivity index (χ1n) is 5.00. The molecule has 0 aromatic heterocycles. The van der Waals surface area contributed by atoms with E-state index in [1.807, 2.05) is 6.92 Å². The van der Waals surface area contributed by atoms with Crippen LogP contribution in [0.1, 0.15) is 26.7 Å². The van der Waals surface area contributed by atoms with Gasteiger partial charge < -0.3 is 15.5 Å². The Labute approximate surface area is 86.5 Å². The number of aliphatic hydroxyl groups is 2. The van der Waals surface area contributed by atoms with Crippen LogP contribution in [0.2, 0.25) is 0 Å². The summed E-state index contributed by atoms with van der Waals surface area (Å²) in [6, 6.07) is 0.275. The molecule has 0 heterocycles. The highest BCUT2D eigenvalue weighted by Crippen LogP contribution is 2.13. The maximum Gasteiger partial charge on any atom is 0.0518 e. The highest BCUT2D eigenvalue weighted by atomic mass is 16.3. The fourth-order valence-electron chi connectivity index (χ4n) is 1.06. The molecule has 14 heavy (non-hydrogen) atoms. The van der Waals surface area contributed by atoms with Gasteiger partial charge in [-0.25, -0.2) is 0 Å². The first-order chi connectivity index (χ1) is 6.61. The molecule has 0 aliphatic carbocycles. The van der Waals surface area contributed by atoms with Gasteiger partial charge in [-0.3, -0.25) is 0 Å². The average Bonchev–Trinajstić information content (AvgIpc) is 2.23. The monoisotopic (exact) mass is 199 g/mol. The molecule has 0 amide bonds. The third kappa shape index (κ3) is 4.61. The predicted octanol–water partition coefficient (Wildman–Crippen LogP) is 0.369. The third-order valence-corrected chi connectivity index (χ3v) is 2.44. The Balaban J connectivity index is 3.95. The summed E-state index contributed by atoms with van der Waals surface area (Å²) in [7, 11) is 0. The Bertz CT molecular complexity index is 182. The summed E-state index contributed by atoms with van der Waals surface area (Å²) >= 11 is 0. The van der Waals surface area contributed by atoms with Gasteiger partial charge in [-0.2, -0.15) is 0 Å². The first-order valence-corrected chi connectivity index (χ1v) is 5.00. The average molecular weight is 199 g/mol. The van der Waals surface area contributed by atoms with Gasteiger partial charge >= 0.3 is 0 Å². The van der Waals surface area contributed by atoms with Crippen LogP contribution in [-0.2, 0) is 0 Å². The summed E-state index contributed by atoms with van der Waals surface area (Å²) in [6.07, 6.45) is 6.86. The lowest BCUT2D eigenvalue weighted by atomic mass is 9.92. The van der Waals surface area contributed by atoms with Crippen molar-refractivity contribution in [2.45, 2.75) is 32.7 Å². The van der Waals surface area contributed by atoms with Crippen molar-refractivity contribution >= 4 is 0 Å². The van der Waals surface area contributed by atoms with E-state index >= 15 is 0 Å². The summed E-state index contributed by atoms with van der Waals surface area (Å²) in [4.78, 5) is 0.